The van der Waals surface area contributed by atoms with Crippen LogP contribution in [-0.4, -0.2) is 23.8 Å². The first kappa shape index (κ1) is 14.8. The fourth-order valence-corrected chi connectivity index (χ4v) is 2.71. The van der Waals surface area contributed by atoms with Gasteiger partial charge in [-0.2, -0.15) is 0 Å². The average Bonchev–Trinajstić information content (AvgIpc) is 2.31. The van der Waals surface area contributed by atoms with Crippen LogP contribution in [0.3, 0.4) is 0 Å². The lowest BCUT2D eigenvalue weighted by Crippen LogP contribution is -2.30. The van der Waals surface area contributed by atoms with Gasteiger partial charge in [0.25, 0.3) is 0 Å². The number of carbonyl (C=O) groups excluding carboxylic acids is 1. The molecule has 1 aliphatic rings. The predicted molar refractivity (Wildman–Crippen MR) is 81.5 cm³/mol. The van der Waals surface area contributed by atoms with Crippen molar-refractivity contribution in [3.8, 4) is 0 Å². The predicted octanol–water partition coefficient (Wildman–Crippen LogP) is 3.38. The number of hydrogen-bond acceptors (Lipinski definition) is 3. The molecule has 0 bridgehead atoms. The van der Waals surface area contributed by atoms with E-state index in [1.807, 2.05) is 6.92 Å². The Morgan fingerprint density at radius 1 is 1.30 bits per heavy atom. The molecule has 0 saturated carbocycles. The first-order chi connectivity index (χ1) is 9.32. The summed E-state index contributed by atoms with van der Waals surface area (Å²) in [6.07, 6.45) is 1.17. The van der Waals surface area contributed by atoms with Crippen LogP contribution >= 0.6 is 0 Å². The normalized spacial score (nSPS) is 16.4. The van der Waals surface area contributed by atoms with Crippen LogP contribution in [0.4, 0.5) is 0 Å². The van der Waals surface area contributed by atoms with Gasteiger partial charge in [-0.1, -0.05) is 6.07 Å². The number of hydrogen-bond donors (Lipinski definition) is 0. The van der Waals surface area contributed by atoms with Gasteiger partial charge in [-0.05, 0) is 69.4 Å². The number of benzene rings is 1. The number of aliphatic imine (C=N–C) groups is 1. The zero-order valence-corrected chi connectivity index (χ0v) is 13.0. The van der Waals surface area contributed by atoms with E-state index in [1.165, 1.54) is 16.7 Å². The minimum absolute atomic E-state index is 0.156. The molecule has 0 aromatic heterocycles. The molecular formula is C17H23NO2. The number of aryl methyl sites for hydroxylation is 2. The van der Waals surface area contributed by atoms with Crippen LogP contribution in [0.25, 0.3) is 0 Å². The molecule has 0 unspecified atom stereocenters. The molecule has 0 fully saturated rings. The van der Waals surface area contributed by atoms with Crippen molar-refractivity contribution in [3.63, 3.8) is 0 Å². The second kappa shape index (κ2) is 5.39. The maximum Gasteiger partial charge on any atom is 0.311 e. The number of fused-ring (bicyclic) bond motifs is 1. The van der Waals surface area contributed by atoms with Crippen LogP contribution in [0, 0.1) is 13.8 Å². The molecule has 0 radical (unpaired) electrons. The van der Waals surface area contributed by atoms with Crippen molar-refractivity contribution in [1.29, 1.82) is 0 Å². The van der Waals surface area contributed by atoms with Crippen molar-refractivity contribution in [2.24, 2.45) is 4.99 Å². The van der Waals surface area contributed by atoms with Gasteiger partial charge in [0, 0.05) is 0 Å². The smallest absolute Gasteiger partial charge is 0.311 e. The lowest BCUT2D eigenvalue weighted by atomic mass is 9.84. The van der Waals surface area contributed by atoms with Crippen molar-refractivity contribution in [1.82, 2.24) is 0 Å². The number of ether oxygens (including phenoxy) is 1. The first-order valence-corrected chi connectivity index (χ1v) is 7.17. The SMILES string of the molecule is CCOC(=O)CC1=NC(C)(C)Cc2cc(C)c(C)cc21. The summed E-state index contributed by atoms with van der Waals surface area (Å²) in [5.41, 5.74) is 5.62. The highest BCUT2D eigenvalue weighted by molar-refractivity contribution is 6.11. The molecule has 1 heterocycles. The Morgan fingerprint density at radius 3 is 2.60 bits per heavy atom. The van der Waals surface area contributed by atoms with Crippen LogP contribution in [0.5, 0.6) is 0 Å². The van der Waals surface area contributed by atoms with E-state index >= 15 is 0 Å². The molecule has 0 atom stereocenters. The fraction of sp³-hybridized carbons (Fsp3) is 0.529. The minimum Gasteiger partial charge on any atom is -0.466 e. The standard InChI is InChI=1S/C17H23NO2/c1-6-20-16(19)9-15-14-8-12(3)11(2)7-13(14)10-17(4,5)18-15/h7-8H,6,9-10H2,1-5H3. The second-order valence-electron chi connectivity index (χ2n) is 6.12. The summed E-state index contributed by atoms with van der Waals surface area (Å²) in [4.78, 5) is 16.5. The summed E-state index contributed by atoms with van der Waals surface area (Å²) in [5, 5.41) is 0. The largest absolute Gasteiger partial charge is 0.466 e. The molecule has 0 amide bonds. The summed E-state index contributed by atoms with van der Waals surface area (Å²) in [5.74, 6) is -0.201. The molecule has 0 aliphatic carbocycles. The van der Waals surface area contributed by atoms with Gasteiger partial charge < -0.3 is 4.74 Å². The monoisotopic (exact) mass is 273 g/mol. The fourth-order valence-electron chi connectivity index (χ4n) is 2.71. The summed E-state index contributed by atoms with van der Waals surface area (Å²) < 4.78 is 5.06. The van der Waals surface area contributed by atoms with Crippen molar-refractivity contribution in [3.05, 3.63) is 34.4 Å². The number of carbonyl (C=O) groups is 1. The average molecular weight is 273 g/mol. The van der Waals surface area contributed by atoms with E-state index in [4.69, 9.17) is 9.73 Å². The summed E-state index contributed by atoms with van der Waals surface area (Å²) >= 11 is 0. The van der Waals surface area contributed by atoms with Crippen molar-refractivity contribution >= 4 is 11.7 Å². The van der Waals surface area contributed by atoms with E-state index < -0.39 is 0 Å². The van der Waals surface area contributed by atoms with Gasteiger partial charge >= 0.3 is 5.97 Å². The molecule has 2 rings (SSSR count). The molecule has 1 aromatic rings. The summed E-state index contributed by atoms with van der Waals surface area (Å²) in [6.45, 7) is 10.7. The van der Waals surface area contributed by atoms with E-state index in [2.05, 4.69) is 39.8 Å². The Morgan fingerprint density at radius 2 is 1.95 bits per heavy atom. The van der Waals surface area contributed by atoms with Crippen LogP contribution in [0.2, 0.25) is 0 Å². The maximum atomic E-state index is 11.8. The summed E-state index contributed by atoms with van der Waals surface area (Å²) in [6, 6.07) is 4.38. The molecule has 3 heteroatoms. The highest BCUT2D eigenvalue weighted by Gasteiger charge is 2.28. The zero-order valence-electron chi connectivity index (χ0n) is 13.0. The van der Waals surface area contributed by atoms with Crippen LogP contribution in [-0.2, 0) is 16.0 Å². The Hall–Kier alpha value is -1.64. The molecule has 0 N–H and O–H groups in total. The Labute approximate surface area is 121 Å². The summed E-state index contributed by atoms with van der Waals surface area (Å²) in [7, 11) is 0. The van der Waals surface area contributed by atoms with Crippen LogP contribution in [0.1, 0.15) is 49.4 Å². The Balaban J connectivity index is 2.42. The van der Waals surface area contributed by atoms with Gasteiger partial charge in [0.1, 0.15) is 0 Å². The van der Waals surface area contributed by atoms with E-state index in [9.17, 15) is 4.79 Å². The molecule has 1 aliphatic heterocycles. The number of esters is 1. The van der Waals surface area contributed by atoms with Gasteiger partial charge in [-0.3, -0.25) is 9.79 Å². The molecule has 3 nitrogen and oxygen atoms in total. The topological polar surface area (TPSA) is 38.7 Å². The first-order valence-electron chi connectivity index (χ1n) is 7.17. The van der Waals surface area contributed by atoms with E-state index in [1.54, 1.807) is 0 Å². The minimum atomic E-state index is -0.201. The zero-order chi connectivity index (χ0) is 14.9. The quantitative estimate of drug-likeness (QED) is 0.792. The third-order valence-corrected chi connectivity index (χ3v) is 3.71. The number of rotatable bonds is 3. The number of nitrogens with zero attached hydrogens (tertiary/aromatic N) is 1. The lowest BCUT2D eigenvalue weighted by Gasteiger charge is -2.29. The van der Waals surface area contributed by atoms with Gasteiger partial charge in [-0.25, -0.2) is 0 Å². The highest BCUT2D eigenvalue weighted by atomic mass is 16.5. The van der Waals surface area contributed by atoms with Crippen molar-refractivity contribution < 1.29 is 9.53 Å². The van der Waals surface area contributed by atoms with Gasteiger partial charge in [0.15, 0.2) is 0 Å². The molecule has 1 aromatic carbocycles. The molecule has 20 heavy (non-hydrogen) atoms. The molecule has 0 spiro atoms. The second-order valence-corrected chi connectivity index (χ2v) is 6.12. The van der Waals surface area contributed by atoms with E-state index in [0.29, 0.717) is 6.61 Å². The van der Waals surface area contributed by atoms with Gasteiger partial charge in [0.2, 0.25) is 0 Å². The van der Waals surface area contributed by atoms with E-state index in [0.717, 1.165) is 17.7 Å². The van der Waals surface area contributed by atoms with Crippen molar-refractivity contribution in [2.75, 3.05) is 6.61 Å². The van der Waals surface area contributed by atoms with Crippen LogP contribution in [0.15, 0.2) is 17.1 Å². The maximum absolute atomic E-state index is 11.8. The lowest BCUT2D eigenvalue weighted by molar-refractivity contribution is -0.141. The highest BCUT2D eigenvalue weighted by Crippen LogP contribution is 2.30. The van der Waals surface area contributed by atoms with Gasteiger partial charge in [0.05, 0.1) is 24.3 Å². The Kier molecular flexibility index (Phi) is 3.98. The van der Waals surface area contributed by atoms with Crippen LogP contribution < -0.4 is 0 Å². The molecule has 0 saturated heterocycles. The third kappa shape index (κ3) is 3.09. The van der Waals surface area contributed by atoms with Crippen molar-refractivity contribution in [2.45, 2.75) is 53.0 Å². The third-order valence-electron chi connectivity index (χ3n) is 3.71. The van der Waals surface area contributed by atoms with Gasteiger partial charge in [-0.15, -0.1) is 0 Å². The van der Waals surface area contributed by atoms with E-state index in [-0.39, 0.29) is 17.9 Å². The Bertz CT molecular complexity index is 571. The molecule has 108 valence electrons. The molecular weight excluding hydrogens is 250 g/mol.